The molecular formula is C12H17N3O6. The fraction of sp³-hybridized carbons (Fsp3) is 0.667. The highest BCUT2D eigenvalue weighted by atomic mass is 16.5. The number of likely N-dealkylation sites (tertiary alicyclic amines) is 1. The lowest BCUT2D eigenvalue weighted by atomic mass is 10.0. The number of aliphatic carboxylic acids is 1. The molecule has 2 aliphatic rings. The van der Waals surface area contributed by atoms with Gasteiger partial charge >= 0.3 is 12.0 Å². The van der Waals surface area contributed by atoms with Crippen molar-refractivity contribution in [3.63, 3.8) is 0 Å². The zero-order valence-electron chi connectivity index (χ0n) is 11.5. The van der Waals surface area contributed by atoms with Crippen LogP contribution in [0.4, 0.5) is 4.79 Å². The molecule has 0 aromatic carbocycles. The maximum atomic E-state index is 11.8. The zero-order valence-corrected chi connectivity index (χ0v) is 11.5. The number of imide groups is 1. The number of amides is 4. The molecule has 2 saturated heterocycles. The number of carboxylic acids is 1. The van der Waals surface area contributed by atoms with E-state index < -0.39 is 35.9 Å². The minimum Gasteiger partial charge on any atom is -0.481 e. The van der Waals surface area contributed by atoms with E-state index in [1.807, 2.05) is 0 Å². The first kappa shape index (κ1) is 15.2. The highest BCUT2D eigenvalue weighted by molar-refractivity contribution is 6.01. The van der Waals surface area contributed by atoms with E-state index in [-0.39, 0.29) is 32.0 Å². The third-order valence-electron chi connectivity index (χ3n) is 3.67. The molecule has 21 heavy (non-hydrogen) atoms. The average molecular weight is 299 g/mol. The number of likely N-dealkylation sites (N-methyl/N-ethyl adjacent to an activating group) is 1. The van der Waals surface area contributed by atoms with Crippen molar-refractivity contribution in [2.75, 3.05) is 20.3 Å². The Hall–Kier alpha value is -2.16. The van der Waals surface area contributed by atoms with Crippen molar-refractivity contribution in [3.05, 3.63) is 0 Å². The van der Waals surface area contributed by atoms with Gasteiger partial charge < -0.3 is 20.5 Å². The van der Waals surface area contributed by atoms with Crippen LogP contribution in [0.25, 0.3) is 0 Å². The summed E-state index contributed by atoms with van der Waals surface area (Å²) in [6.45, 7) is 0.154. The van der Waals surface area contributed by atoms with E-state index in [0.717, 1.165) is 4.90 Å². The van der Waals surface area contributed by atoms with Crippen molar-refractivity contribution in [1.82, 2.24) is 15.5 Å². The second kappa shape index (κ2) is 6.08. The third kappa shape index (κ3) is 3.30. The van der Waals surface area contributed by atoms with Crippen molar-refractivity contribution < 1.29 is 29.0 Å². The Morgan fingerprint density at radius 2 is 2.00 bits per heavy atom. The largest absolute Gasteiger partial charge is 0.481 e. The van der Waals surface area contributed by atoms with Gasteiger partial charge in [-0.15, -0.1) is 0 Å². The van der Waals surface area contributed by atoms with Gasteiger partial charge in [0.15, 0.2) is 0 Å². The zero-order chi connectivity index (χ0) is 15.6. The molecule has 4 amide bonds. The molecule has 0 aromatic rings. The van der Waals surface area contributed by atoms with Gasteiger partial charge in [-0.2, -0.15) is 0 Å². The molecule has 2 heterocycles. The lowest BCUT2D eigenvalue weighted by Crippen LogP contribution is -2.56. The summed E-state index contributed by atoms with van der Waals surface area (Å²) in [6.07, 6.45) is 0.413. The summed E-state index contributed by atoms with van der Waals surface area (Å²) >= 11 is 0. The molecule has 0 aliphatic carbocycles. The third-order valence-corrected chi connectivity index (χ3v) is 3.67. The topological polar surface area (TPSA) is 125 Å². The van der Waals surface area contributed by atoms with Gasteiger partial charge in [-0.1, -0.05) is 0 Å². The number of hydrogen-bond donors (Lipinski definition) is 3. The fourth-order valence-corrected chi connectivity index (χ4v) is 2.36. The van der Waals surface area contributed by atoms with Crippen molar-refractivity contribution in [3.8, 4) is 0 Å². The Labute approximate surface area is 120 Å². The number of piperidine rings is 1. The molecule has 9 nitrogen and oxygen atoms in total. The van der Waals surface area contributed by atoms with Crippen LogP contribution < -0.4 is 10.6 Å². The van der Waals surface area contributed by atoms with E-state index >= 15 is 0 Å². The van der Waals surface area contributed by atoms with Crippen molar-refractivity contribution in [2.24, 2.45) is 5.92 Å². The predicted octanol–water partition coefficient (Wildman–Crippen LogP) is -1.47. The summed E-state index contributed by atoms with van der Waals surface area (Å²) in [7, 11) is 1.36. The number of urea groups is 1. The minimum absolute atomic E-state index is 0.0415. The van der Waals surface area contributed by atoms with Crippen LogP contribution in [0, 0.1) is 5.92 Å². The monoisotopic (exact) mass is 299 g/mol. The average Bonchev–Trinajstić information content (AvgIpc) is 2.88. The van der Waals surface area contributed by atoms with Gasteiger partial charge in [-0.3, -0.25) is 19.3 Å². The number of nitrogens with zero attached hydrogens (tertiary/aromatic N) is 1. The number of hydrogen-bond acceptors (Lipinski definition) is 5. The molecule has 0 bridgehead atoms. The summed E-state index contributed by atoms with van der Waals surface area (Å²) in [4.78, 5) is 46.9. The van der Waals surface area contributed by atoms with E-state index in [9.17, 15) is 19.2 Å². The van der Waals surface area contributed by atoms with Gasteiger partial charge in [0.05, 0.1) is 19.3 Å². The molecule has 116 valence electrons. The SMILES string of the molecule is CN1C(=O)CCC(NC(=O)NC2COCC2C(=O)O)C1=O. The van der Waals surface area contributed by atoms with Gasteiger partial charge in [0.25, 0.3) is 5.91 Å². The normalized spacial score (nSPS) is 29.4. The molecule has 2 aliphatic heterocycles. The van der Waals surface area contributed by atoms with Crippen LogP contribution >= 0.6 is 0 Å². The van der Waals surface area contributed by atoms with Crippen LogP contribution in [0.1, 0.15) is 12.8 Å². The van der Waals surface area contributed by atoms with Crippen LogP contribution in [-0.4, -0.2) is 66.2 Å². The first-order chi connectivity index (χ1) is 9.90. The van der Waals surface area contributed by atoms with Crippen molar-refractivity contribution >= 4 is 23.8 Å². The Morgan fingerprint density at radius 1 is 1.29 bits per heavy atom. The van der Waals surface area contributed by atoms with Crippen LogP contribution in [0.5, 0.6) is 0 Å². The Bertz CT molecular complexity index is 480. The first-order valence-electron chi connectivity index (χ1n) is 6.58. The van der Waals surface area contributed by atoms with Gasteiger partial charge in [0.1, 0.15) is 12.0 Å². The Morgan fingerprint density at radius 3 is 2.67 bits per heavy atom. The molecule has 3 N–H and O–H groups in total. The van der Waals surface area contributed by atoms with Gasteiger partial charge in [0.2, 0.25) is 5.91 Å². The highest BCUT2D eigenvalue weighted by Crippen LogP contribution is 2.14. The maximum Gasteiger partial charge on any atom is 0.315 e. The van der Waals surface area contributed by atoms with E-state index in [0.29, 0.717) is 0 Å². The molecule has 0 saturated carbocycles. The second-order valence-electron chi connectivity index (χ2n) is 5.09. The molecule has 0 spiro atoms. The standard InChI is InChI=1S/C12H17N3O6/c1-15-9(16)3-2-7(10(15)17)13-12(20)14-8-5-21-4-6(8)11(18)19/h6-8H,2-5H2,1H3,(H,18,19)(H2,13,14,20). The molecule has 2 rings (SSSR count). The lowest BCUT2D eigenvalue weighted by molar-refractivity contribution is -0.148. The fourth-order valence-electron chi connectivity index (χ4n) is 2.36. The van der Waals surface area contributed by atoms with Crippen LogP contribution in [0.15, 0.2) is 0 Å². The van der Waals surface area contributed by atoms with Crippen LogP contribution in [-0.2, 0) is 19.1 Å². The van der Waals surface area contributed by atoms with Crippen LogP contribution in [0.3, 0.4) is 0 Å². The number of ether oxygens (including phenoxy) is 1. The predicted molar refractivity (Wildman–Crippen MR) is 68.2 cm³/mol. The lowest BCUT2D eigenvalue weighted by Gasteiger charge is -2.28. The smallest absolute Gasteiger partial charge is 0.315 e. The highest BCUT2D eigenvalue weighted by Gasteiger charge is 2.37. The Balaban J connectivity index is 1.89. The molecule has 2 fully saturated rings. The number of nitrogens with one attached hydrogen (secondary N) is 2. The van der Waals surface area contributed by atoms with E-state index in [4.69, 9.17) is 9.84 Å². The molecule has 0 radical (unpaired) electrons. The first-order valence-corrected chi connectivity index (χ1v) is 6.58. The summed E-state index contributed by atoms with van der Waals surface area (Å²) in [5.41, 5.74) is 0. The summed E-state index contributed by atoms with van der Waals surface area (Å²) < 4.78 is 5.03. The minimum atomic E-state index is -1.04. The Kier molecular flexibility index (Phi) is 4.41. The van der Waals surface area contributed by atoms with Gasteiger partial charge in [-0.05, 0) is 6.42 Å². The number of carboxylic acid groups (broad SMARTS) is 1. The van der Waals surface area contributed by atoms with Gasteiger partial charge in [0, 0.05) is 13.5 Å². The second-order valence-corrected chi connectivity index (χ2v) is 5.09. The van der Waals surface area contributed by atoms with Crippen LogP contribution in [0.2, 0.25) is 0 Å². The number of carbonyl (C=O) groups is 4. The molecular weight excluding hydrogens is 282 g/mol. The number of rotatable bonds is 3. The number of carbonyl (C=O) groups excluding carboxylic acids is 3. The van der Waals surface area contributed by atoms with E-state index in [1.165, 1.54) is 7.05 Å². The van der Waals surface area contributed by atoms with Crippen molar-refractivity contribution in [2.45, 2.75) is 24.9 Å². The van der Waals surface area contributed by atoms with Gasteiger partial charge in [-0.25, -0.2) is 4.79 Å². The van der Waals surface area contributed by atoms with E-state index in [1.54, 1.807) is 0 Å². The van der Waals surface area contributed by atoms with E-state index in [2.05, 4.69) is 10.6 Å². The molecule has 3 unspecified atom stereocenters. The summed E-state index contributed by atoms with van der Waals surface area (Å²) in [6, 6.07) is -2.06. The molecule has 9 heteroatoms. The summed E-state index contributed by atoms with van der Waals surface area (Å²) in [5, 5.41) is 13.9. The summed E-state index contributed by atoms with van der Waals surface area (Å²) in [5.74, 6) is -2.61. The molecule has 0 aromatic heterocycles. The molecule has 3 atom stereocenters. The van der Waals surface area contributed by atoms with Crippen molar-refractivity contribution in [1.29, 1.82) is 0 Å². The quantitative estimate of drug-likeness (QED) is 0.547. The maximum absolute atomic E-state index is 11.8.